The fourth-order valence-corrected chi connectivity index (χ4v) is 2.42. The maximum Gasteiger partial charge on any atom is 0.356 e. The van der Waals surface area contributed by atoms with E-state index >= 15 is 0 Å². The number of nitrogens with one attached hydrogen (secondary N) is 1. The molecule has 0 bridgehead atoms. The van der Waals surface area contributed by atoms with Crippen LogP contribution in [0.2, 0.25) is 0 Å². The van der Waals surface area contributed by atoms with E-state index in [9.17, 15) is 9.59 Å². The number of nitrogens with zero attached hydrogens (tertiary/aromatic N) is 1. The zero-order valence-corrected chi connectivity index (χ0v) is 12.4. The van der Waals surface area contributed by atoms with Crippen LogP contribution in [0.15, 0.2) is 22.7 Å². The van der Waals surface area contributed by atoms with Crippen LogP contribution in [0.3, 0.4) is 0 Å². The Hall–Kier alpha value is -1.82. The van der Waals surface area contributed by atoms with Crippen molar-refractivity contribution in [3.63, 3.8) is 0 Å². The van der Waals surface area contributed by atoms with Crippen molar-refractivity contribution in [2.75, 3.05) is 12.4 Å². The molecule has 1 aromatic heterocycles. The number of carbonyl (C=O) groups excluding carboxylic acids is 2. The number of aromatic nitrogens is 1. The van der Waals surface area contributed by atoms with Crippen LogP contribution in [-0.4, -0.2) is 23.6 Å². The van der Waals surface area contributed by atoms with Crippen molar-refractivity contribution in [1.82, 2.24) is 4.57 Å². The number of carbonyl (C=O) groups is 2. The van der Waals surface area contributed by atoms with Crippen LogP contribution in [0.4, 0.5) is 5.69 Å². The molecule has 1 heterocycles. The normalized spacial score (nSPS) is 10.5. The van der Waals surface area contributed by atoms with Gasteiger partial charge in [0, 0.05) is 23.8 Å². The number of anilines is 1. The third-order valence-corrected chi connectivity index (χ3v) is 3.33. The summed E-state index contributed by atoms with van der Waals surface area (Å²) < 4.78 is 7.35. The minimum atomic E-state index is -0.487. The molecule has 100 valence electrons. The molecule has 1 aromatic carbocycles. The number of amides is 1. The fraction of sp³-hybridized carbons (Fsp3) is 0.231. The van der Waals surface area contributed by atoms with Gasteiger partial charge in [0.05, 0.1) is 18.3 Å². The molecule has 0 spiro atoms. The maximum atomic E-state index is 11.9. The molecule has 0 radical (unpaired) electrons. The summed E-state index contributed by atoms with van der Waals surface area (Å²) in [6, 6.07) is 5.60. The molecule has 0 saturated heterocycles. The van der Waals surface area contributed by atoms with E-state index in [0.29, 0.717) is 11.4 Å². The number of hydrogen-bond donors (Lipinski definition) is 1. The molecule has 0 aliphatic rings. The predicted molar refractivity (Wildman–Crippen MR) is 76.3 cm³/mol. The zero-order valence-electron chi connectivity index (χ0n) is 10.8. The van der Waals surface area contributed by atoms with Crippen molar-refractivity contribution in [2.24, 2.45) is 7.05 Å². The van der Waals surface area contributed by atoms with E-state index < -0.39 is 5.97 Å². The number of halogens is 1. The van der Waals surface area contributed by atoms with Crippen molar-refractivity contribution in [3.05, 3.63) is 28.4 Å². The molecule has 0 aliphatic carbocycles. The Morgan fingerprint density at radius 2 is 2.05 bits per heavy atom. The Morgan fingerprint density at radius 3 is 2.63 bits per heavy atom. The van der Waals surface area contributed by atoms with Crippen molar-refractivity contribution in [1.29, 1.82) is 0 Å². The number of aryl methyl sites for hydroxylation is 1. The largest absolute Gasteiger partial charge is 0.464 e. The van der Waals surface area contributed by atoms with Crippen LogP contribution in [0.5, 0.6) is 0 Å². The molecule has 5 nitrogen and oxygen atoms in total. The molecule has 0 saturated carbocycles. The molecule has 0 aliphatic heterocycles. The van der Waals surface area contributed by atoms with Gasteiger partial charge in [-0.25, -0.2) is 4.79 Å². The lowest BCUT2D eigenvalue weighted by Gasteiger charge is -2.05. The third-order valence-electron chi connectivity index (χ3n) is 2.84. The first-order valence-corrected chi connectivity index (χ1v) is 6.39. The molecule has 1 amide bonds. The van der Waals surface area contributed by atoms with Gasteiger partial charge in [-0.1, -0.05) is 15.9 Å². The summed E-state index contributed by atoms with van der Waals surface area (Å²) in [6.07, 6.45) is 0. The number of fused-ring (bicyclic) bond motifs is 1. The van der Waals surface area contributed by atoms with Crippen LogP contribution < -0.4 is 5.32 Å². The Balaban J connectivity index is 2.80. The third kappa shape index (κ3) is 2.35. The fourth-order valence-electron chi connectivity index (χ4n) is 2.05. The van der Waals surface area contributed by atoms with Gasteiger partial charge in [-0.15, -0.1) is 0 Å². The summed E-state index contributed by atoms with van der Waals surface area (Å²) in [7, 11) is 3.07. The second-order valence-electron chi connectivity index (χ2n) is 4.12. The summed E-state index contributed by atoms with van der Waals surface area (Å²) in [4.78, 5) is 23.2. The average Bonchev–Trinajstić information content (AvgIpc) is 2.61. The van der Waals surface area contributed by atoms with Gasteiger partial charge in [-0.2, -0.15) is 0 Å². The topological polar surface area (TPSA) is 60.3 Å². The number of hydrogen-bond acceptors (Lipinski definition) is 3. The SMILES string of the molecule is COC(=O)c1c(NC(C)=O)c2cc(Br)ccc2n1C. The Labute approximate surface area is 118 Å². The standard InChI is InChI=1S/C13H13BrN2O3/c1-7(17)15-11-9-6-8(14)4-5-10(9)16(2)12(11)13(18)19-3/h4-6H,1-3H3,(H,15,17). The first kappa shape index (κ1) is 13.6. The predicted octanol–water partition coefficient (Wildman–Crippen LogP) is 2.69. The highest BCUT2D eigenvalue weighted by Crippen LogP contribution is 2.32. The zero-order chi connectivity index (χ0) is 14.2. The summed E-state index contributed by atoms with van der Waals surface area (Å²) >= 11 is 3.38. The summed E-state index contributed by atoms with van der Waals surface area (Å²) in [6.45, 7) is 1.40. The van der Waals surface area contributed by atoms with E-state index in [1.54, 1.807) is 11.6 Å². The molecule has 19 heavy (non-hydrogen) atoms. The number of ether oxygens (including phenoxy) is 1. The van der Waals surface area contributed by atoms with Crippen molar-refractivity contribution in [3.8, 4) is 0 Å². The molecule has 6 heteroatoms. The van der Waals surface area contributed by atoms with Gasteiger partial charge in [0.2, 0.25) is 5.91 Å². The Morgan fingerprint density at radius 1 is 1.37 bits per heavy atom. The highest BCUT2D eigenvalue weighted by Gasteiger charge is 2.22. The summed E-state index contributed by atoms with van der Waals surface area (Å²) in [5.41, 5.74) is 1.64. The summed E-state index contributed by atoms with van der Waals surface area (Å²) in [5.74, 6) is -0.726. The molecule has 0 unspecified atom stereocenters. The molecule has 2 aromatic rings. The van der Waals surface area contributed by atoms with E-state index in [1.165, 1.54) is 14.0 Å². The Kier molecular flexibility index (Phi) is 3.61. The van der Waals surface area contributed by atoms with Crippen LogP contribution in [0, 0.1) is 0 Å². The van der Waals surface area contributed by atoms with E-state index in [2.05, 4.69) is 21.2 Å². The van der Waals surface area contributed by atoms with Gasteiger partial charge >= 0.3 is 5.97 Å². The lowest BCUT2D eigenvalue weighted by molar-refractivity contribution is -0.114. The quantitative estimate of drug-likeness (QED) is 0.864. The second-order valence-corrected chi connectivity index (χ2v) is 5.03. The van der Waals surface area contributed by atoms with Gasteiger partial charge in [-0.05, 0) is 18.2 Å². The van der Waals surface area contributed by atoms with Gasteiger partial charge < -0.3 is 14.6 Å². The highest BCUT2D eigenvalue weighted by atomic mass is 79.9. The average molecular weight is 325 g/mol. The molecule has 2 rings (SSSR count). The van der Waals surface area contributed by atoms with Gasteiger partial charge in [0.25, 0.3) is 0 Å². The van der Waals surface area contributed by atoms with E-state index in [0.717, 1.165) is 15.4 Å². The smallest absolute Gasteiger partial charge is 0.356 e. The van der Waals surface area contributed by atoms with Gasteiger partial charge in [0.15, 0.2) is 5.69 Å². The van der Waals surface area contributed by atoms with E-state index in [-0.39, 0.29) is 5.91 Å². The second kappa shape index (κ2) is 5.05. The van der Waals surface area contributed by atoms with E-state index in [4.69, 9.17) is 4.74 Å². The molecule has 0 fully saturated rings. The van der Waals surface area contributed by atoms with Crippen LogP contribution in [0.1, 0.15) is 17.4 Å². The molecular formula is C13H13BrN2O3. The van der Waals surface area contributed by atoms with Crippen LogP contribution in [0.25, 0.3) is 10.9 Å². The maximum absolute atomic E-state index is 11.9. The van der Waals surface area contributed by atoms with Crippen molar-refractivity contribution < 1.29 is 14.3 Å². The molecule has 0 atom stereocenters. The summed E-state index contributed by atoms with van der Waals surface area (Å²) in [5, 5.41) is 3.48. The van der Waals surface area contributed by atoms with Gasteiger partial charge in [0.1, 0.15) is 0 Å². The lowest BCUT2D eigenvalue weighted by atomic mass is 10.2. The number of methoxy groups -OCH3 is 1. The number of esters is 1. The lowest BCUT2D eigenvalue weighted by Crippen LogP contribution is -2.13. The minimum absolute atomic E-state index is 0.238. The van der Waals surface area contributed by atoms with Crippen LogP contribution >= 0.6 is 15.9 Å². The van der Waals surface area contributed by atoms with E-state index in [1.807, 2.05) is 18.2 Å². The Bertz CT molecular complexity index is 676. The van der Waals surface area contributed by atoms with Crippen LogP contribution in [-0.2, 0) is 16.6 Å². The monoisotopic (exact) mass is 324 g/mol. The highest BCUT2D eigenvalue weighted by molar-refractivity contribution is 9.10. The molecule has 1 N–H and O–H groups in total. The van der Waals surface area contributed by atoms with Crippen molar-refractivity contribution >= 4 is 44.4 Å². The van der Waals surface area contributed by atoms with Gasteiger partial charge in [-0.3, -0.25) is 4.79 Å². The van der Waals surface area contributed by atoms with Crippen molar-refractivity contribution in [2.45, 2.75) is 6.92 Å². The first-order valence-electron chi connectivity index (χ1n) is 5.59. The number of benzene rings is 1. The minimum Gasteiger partial charge on any atom is -0.464 e. The molecular weight excluding hydrogens is 312 g/mol. The number of rotatable bonds is 2. The first-order chi connectivity index (χ1) is 8.95.